The van der Waals surface area contributed by atoms with Gasteiger partial charge >= 0.3 is 0 Å². The number of methoxy groups -OCH3 is 1. The maximum Gasteiger partial charge on any atom is 0.162 e. The Hall–Kier alpha value is -1.24. The summed E-state index contributed by atoms with van der Waals surface area (Å²) < 4.78 is 37.4. The van der Waals surface area contributed by atoms with Gasteiger partial charge in [-0.2, -0.15) is 0 Å². The van der Waals surface area contributed by atoms with Crippen molar-refractivity contribution in [2.24, 2.45) is 0 Å². The van der Waals surface area contributed by atoms with Crippen LogP contribution in [0.3, 0.4) is 0 Å². The summed E-state index contributed by atoms with van der Waals surface area (Å²) in [7, 11) is 1.38. The first-order valence-electron chi connectivity index (χ1n) is 6.61. The second-order valence-corrected chi connectivity index (χ2v) is 5.50. The quantitative estimate of drug-likeness (QED) is 0.860. The fourth-order valence-electron chi connectivity index (χ4n) is 3.20. The van der Waals surface area contributed by atoms with Crippen molar-refractivity contribution in [2.45, 2.75) is 30.5 Å². The number of morpholine rings is 1. The monoisotopic (exact) mass is 285 g/mol. The molecule has 20 heavy (non-hydrogen) atoms. The zero-order chi connectivity index (χ0) is 14.3. The van der Waals surface area contributed by atoms with Crippen LogP contribution in [-0.4, -0.2) is 37.5 Å². The molecule has 0 aliphatic carbocycles. The van der Waals surface area contributed by atoms with Gasteiger partial charge < -0.3 is 19.9 Å². The molecule has 1 aromatic carbocycles. The minimum absolute atomic E-state index is 0.00493. The number of halogens is 2. The molecular weight excluding hydrogens is 268 g/mol. The fourth-order valence-corrected chi connectivity index (χ4v) is 3.20. The Balaban J connectivity index is 2.00. The van der Waals surface area contributed by atoms with Crippen molar-refractivity contribution in [3.63, 3.8) is 0 Å². The van der Waals surface area contributed by atoms with Crippen molar-refractivity contribution < 1.29 is 23.4 Å². The largest absolute Gasteiger partial charge is 0.496 e. The molecule has 0 saturated carbocycles. The van der Waals surface area contributed by atoms with E-state index in [1.807, 2.05) is 0 Å². The number of hydrogen-bond donors (Lipinski definition) is 2. The summed E-state index contributed by atoms with van der Waals surface area (Å²) in [6, 6.07) is 2.03. The highest BCUT2D eigenvalue weighted by Gasteiger charge is 2.44. The second-order valence-electron chi connectivity index (χ2n) is 5.50. The number of benzene rings is 1. The third-order valence-corrected chi connectivity index (χ3v) is 4.02. The standard InChI is InChI=1S/C14H17F2NO3/c1-19-13-3-12(16)11(15)2-10(13)14(18)4-8-6-20-7-9(5-14)17-8/h2-3,8-9,17-18H,4-7H2,1H3. The first kappa shape index (κ1) is 13.7. The van der Waals surface area contributed by atoms with Crippen molar-refractivity contribution >= 4 is 0 Å². The summed E-state index contributed by atoms with van der Waals surface area (Å²) in [5.74, 6) is -1.78. The molecule has 2 heterocycles. The van der Waals surface area contributed by atoms with E-state index in [1.165, 1.54) is 7.11 Å². The molecule has 2 aliphatic rings. The Morgan fingerprint density at radius 3 is 2.45 bits per heavy atom. The van der Waals surface area contributed by atoms with E-state index in [4.69, 9.17) is 9.47 Å². The van der Waals surface area contributed by atoms with Crippen LogP contribution in [0, 0.1) is 11.6 Å². The lowest BCUT2D eigenvalue weighted by Crippen LogP contribution is -2.58. The molecule has 1 aromatic rings. The molecule has 2 bridgehead atoms. The molecule has 2 atom stereocenters. The average Bonchev–Trinajstić information content (AvgIpc) is 2.40. The van der Waals surface area contributed by atoms with Crippen molar-refractivity contribution in [3.8, 4) is 5.75 Å². The molecule has 2 N–H and O–H groups in total. The van der Waals surface area contributed by atoms with Crippen LogP contribution in [-0.2, 0) is 10.3 Å². The number of fused-ring (bicyclic) bond motifs is 2. The van der Waals surface area contributed by atoms with Crippen molar-refractivity contribution in [3.05, 3.63) is 29.3 Å². The van der Waals surface area contributed by atoms with Gasteiger partial charge in [-0.3, -0.25) is 0 Å². The Kier molecular flexibility index (Phi) is 3.40. The third kappa shape index (κ3) is 2.28. The Bertz CT molecular complexity index is 511. The molecule has 6 heteroatoms. The minimum Gasteiger partial charge on any atom is -0.496 e. The van der Waals surface area contributed by atoms with Crippen LogP contribution >= 0.6 is 0 Å². The molecule has 2 unspecified atom stereocenters. The number of nitrogens with one attached hydrogen (secondary N) is 1. The summed E-state index contributed by atoms with van der Waals surface area (Å²) >= 11 is 0. The van der Waals surface area contributed by atoms with E-state index in [2.05, 4.69) is 5.32 Å². The van der Waals surface area contributed by atoms with Crippen LogP contribution < -0.4 is 10.1 Å². The molecular formula is C14H17F2NO3. The highest BCUT2D eigenvalue weighted by Crippen LogP contribution is 2.41. The van der Waals surface area contributed by atoms with Gasteiger partial charge in [0.15, 0.2) is 11.6 Å². The van der Waals surface area contributed by atoms with Crippen LogP contribution in [0.15, 0.2) is 12.1 Å². The van der Waals surface area contributed by atoms with E-state index in [-0.39, 0.29) is 17.8 Å². The summed E-state index contributed by atoms with van der Waals surface area (Å²) in [4.78, 5) is 0. The average molecular weight is 285 g/mol. The summed E-state index contributed by atoms with van der Waals surface area (Å²) in [6.45, 7) is 1.01. The normalized spacial score (nSPS) is 33.0. The van der Waals surface area contributed by atoms with E-state index in [1.54, 1.807) is 0 Å². The lowest BCUT2D eigenvalue weighted by atomic mass is 9.77. The molecule has 2 fully saturated rings. The molecule has 0 radical (unpaired) electrons. The molecule has 0 aromatic heterocycles. The number of rotatable bonds is 2. The van der Waals surface area contributed by atoms with E-state index < -0.39 is 17.2 Å². The Labute approximate surface area is 115 Å². The number of ether oxygens (including phenoxy) is 2. The minimum atomic E-state index is -1.23. The summed E-state index contributed by atoms with van der Waals surface area (Å²) in [6.07, 6.45) is 0.760. The molecule has 110 valence electrons. The molecule has 0 amide bonds. The van der Waals surface area contributed by atoms with Crippen LogP contribution in [0.2, 0.25) is 0 Å². The van der Waals surface area contributed by atoms with E-state index in [0.29, 0.717) is 31.6 Å². The van der Waals surface area contributed by atoms with Crippen LogP contribution in [0.1, 0.15) is 18.4 Å². The Morgan fingerprint density at radius 1 is 1.25 bits per heavy atom. The SMILES string of the molecule is COc1cc(F)c(F)cc1C1(O)CC2COCC(C1)N2. The fraction of sp³-hybridized carbons (Fsp3) is 0.571. The molecule has 0 spiro atoms. The lowest BCUT2D eigenvalue weighted by Gasteiger charge is -2.45. The van der Waals surface area contributed by atoms with Crippen molar-refractivity contribution in [1.29, 1.82) is 0 Å². The number of aliphatic hydroxyl groups is 1. The molecule has 2 aliphatic heterocycles. The van der Waals surface area contributed by atoms with Crippen LogP contribution in [0.25, 0.3) is 0 Å². The lowest BCUT2D eigenvalue weighted by molar-refractivity contribution is -0.0812. The van der Waals surface area contributed by atoms with Crippen LogP contribution in [0.4, 0.5) is 8.78 Å². The van der Waals surface area contributed by atoms with Gasteiger partial charge in [-0.1, -0.05) is 0 Å². The Morgan fingerprint density at radius 2 is 1.85 bits per heavy atom. The van der Waals surface area contributed by atoms with Gasteiger partial charge in [-0.25, -0.2) is 8.78 Å². The zero-order valence-corrected chi connectivity index (χ0v) is 11.2. The van der Waals surface area contributed by atoms with Crippen LogP contribution in [0.5, 0.6) is 5.75 Å². The smallest absolute Gasteiger partial charge is 0.162 e. The van der Waals surface area contributed by atoms with Gasteiger partial charge in [-0.15, -0.1) is 0 Å². The number of hydrogen-bond acceptors (Lipinski definition) is 4. The summed E-state index contributed by atoms with van der Waals surface area (Å²) in [5, 5.41) is 14.3. The van der Waals surface area contributed by atoms with E-state index in [9.17, 15) is 13.9 Å². The first-order valence-corrected chi connectivity index (χ1v) is 6.61. The molecule has 3 rings (SSSR count). The van der Waals surface area contributed by atoms with Crippen molar-refractivity contribution in [1.82, 2.24) is 5.32 Å². The number of piperidine rings is 1. The van der Waals surface area contributed by atoms with Gasteiger partial charge in [0.05, 0.1) is 25.9 Å². The van der Waals surface area contributed by atoms with Crippen molar-refractivity contribution in [2.75, 3.05) is 20.3 Å². The highest BCUT2D eigenvalue weighted by atomic mass is 19.2. The van der Waals surface area contributed by atoms with Gasteiger partial charge in [-0.05, 0) is 18.9 Å². The summed E-state index contributed by atoms with van der Waals surface area (Å²) in [5.41, 5.74) is -0.929. The first-order chi connectivity index (χ1) is 9.51. The van der Waals surface area contributed by atoms with Gasteiger partial charge in [0.1, 0.15) is 5.75 Å². The molecule has 4 nitrogen and oxygen atoms in total. The topological polar surface area (TPSA) is 50.7 Å². The van der Waals surface area contributed by atoms with Gasteiger partial charge in [0.2, 0.25) is 0 Å². The maximum absolute atomic E-state index is 13.5. The third-order valence-electron chi connectivity index (χ3n) is 4.02. The highest BCUT2D eigenvalue weighted by molar-refractivity contribution is 5.40. The van der Waals surface area contributed by atoms with Gasteiger partial charge in [0.25, 0.3) is 0 Å². The second kappa shape index (κ2) is 4.95. The zero-order valence-electron chi connectivity index (χ0n) is 11.2. The predicted molar refractivity (Wildman–Crippen MR) is 67.6 cm³/mol. The van der Waals surface area contributed by atoms with E-state index in [0.717, 1.165) is 12.1 Å². The van der Waals surface area contributed by atoms with Gasteiger partial charge in [0, 0.05) is 23.7 Å². The maximum atomic E-state index is 13.5. The molecule has 2 saturated heterocycles. The predicted octanol–water partition coefficient (Wildman–Crippen LogP) is 1.31. The van der Waals surface area contributed by atoms with E-state index >= 15 is 0 Å².